The fourth-order valence-corrected chi connectivity index (χ4v) is 2.27. The molecule has 1 atom stereocenters. The number of hydrogen-bond acceptors (Lipinski definition) is 1. The van der Waals surface area contributed by atoms with Crippen molar-refractivity contribution in [1.82, 2.24) is 4.90 Å². The van der Waals surface area contributed by atoms with Crippen molar-refractivity contribution in [3.63, 3.8) is 0 Å². The number of nitrogens with zero attached hydrogens (tertiary/aromatic N) is 1. The molecule has 0 N–H and O–H groups in total. The summed E-state index contributed by atoms with van der Waals surface area (Å²) in [5.74, 6) is 1.82. The van der Waals surface area contributed by atoms with Crippen molar-refractivity contribution in [2.24, 2.45) is 11.8 Å². The molecule has 1 amide bonds. The molecule has 15 heavy (non-hydrogen) atoms. The van der Waals surface area contributed by atoms with Crippen LogP contribution >= 0.6 is 0 Å². The molecule has 1 aliphatic heterocycles. The molecule has 0 saturated carbocycles. The second-order valence-corrected chi connectivity index (χ2v) is 5.09. The molecule has 1 saturated heterocycles. The smallest absolute Gasteiger partial charge is 0.222 e. The van der Waals surface area contributed by atoms with Crippen molar-refractivity contribution in [2.45, 2.75) is 52.9 Å². The monoisotopic (exact) mass is 211 g/mol. The van der Waals surface area contributed by atoms with Gasteiger partial charge in [0.05, 0.1) is 0 Å². The quantitative estimate of drug-likeness (QED) is 0.700. The maximum Gasteiger partial charge on any atom is 0.222 e. The van der Waals surface area contributed by atoms with Crippen molar-refractivity contribution in [3.8, 4) is 0 Å². The molecule has 1 unspecified atom stereocenters. The molecular weight excluding hydrogens is 186 g/mol. The zero-order chi connectivity index (χ0) is 11.3. The van der Waals surface area contributed by atoms with E-state index in [2.05, 4.69) is 25.7 Å². The van der Waals surface area contributed by atoms with Crippen LogP contribution in [0.2, 0.25) is 0 Å². The van der Waals surface area contributed by atoms with Gasteiger partial charge in [0.25, 0.3) is 0 Å². The van der Waals surface area contributed by atoms with E-state index in [1.54, 1.807) is 0 Å². The molecule has 0 radical (unpaired) electrons. The number of piperidine rings is 1. The standard InChI is InChI=1S/C13H25NO/c1-4-5-8-13(15)14-9-6-7-12(10-14)11(2)3/h11-12H,4-10H2,1-3H3. The summed E-state index contributed by atoms with van der Waals surface area (Å²) in [5.41, 5.74) is 0. The molecule has 0 aromatic rings. The Bertz CT molecular complexity index is 201. The van der Waals surface area contributed by atoms with E-state index < -0.39 is 0 Å². The summed E-state index contributed by atoms with van der Waals surface area (Å²) in [7, 11) is 0. The van der Waals surface area contributed by atoms with E-state index in [1.807, 2.05) is 0 Å². The van der Waals surface area contributed by atoms with Crippen LogP contribution in [0.25, 0.3) is 0 Å². The van der Waals surface area contributed by atoms with Gasteiger partial charge in [-0.25, -0.2) is 0 Å². The molecule has 0 spiro atoms. The van der Waals surface area contributed by atoms with Crippen molar-refractivity contribution >= 4 is 5.91 Å². The van der Waals surface area contributed by atoms with Crippen LogP contribution in [0, 0.1) is 11.8 Å². The highest BCUT2D eigenvalue weighted by atomic mass is 16.2. The first kappa shape index (κ1) is 12.5. The van der Waals surface area contributed by atoms with Gasteiger partial charge in [0, 0.05) is 19.5 Å². The van der Waals surface area contributed by atoms with Crippen molar-refractivity contribution in [2.75, 3.05) is 13.1 Å². The summed E-state index contributed by atoms with van der Waals surface area (Å²) in [6, 6.07) is 0. The summed E-state index contributed by atoms with van der Waals surface area (Å²) in [6.45, 7) is 8.67. The summed E-state index contributed by atoms with van der Waals surface area (Å²) < 4.78 is 0. The van der Waals surface area contributed by atoms with Crippen molar-refractivity contribution in [3.05, 3.63) is 0 Å². The van der Waals surface area contributed by atoms with Crippen LogP contribution in [0.3, 0.4) is 0 Å². The molecule has 2 heteroatoms. The lowest BCUT2D eigenvalue weighted by Gasteiger charge is -2.34. The highest BCUT2D eigenvalue weighted by molar-refractivity contribution is 5.76. The lowest BCUT2D eigenvalue weighted by molar-refractivity contribution is -0.133. The minimum atomic E-state index is 0.377. The van der Waals surface area contributed by atoms with Crippen LogP contribution in [-0.2, 0) is 4.79 Å². The Morgan fingerprint density at radius 2 is 2.20 bits per heavy atom. The molecular formula is C13H25NO. The summed E-state index contributed by atoms with van der Waals surface area (Å²) in [6.07, 6.45) is 5.41. The van der Waals surface area contributed by atoms with Crippen molar-refractivity contribution in [1.29, 1.82) is 0 Å². The lowest BCUT2D eigenvalue weighted by atomic mass is 9.88. The second-order valence-electron chi connectivity index (χ2n) is 5.09. The van der Waals surface area contributed by atoms with E-state index in [0.717, 1.165) is 38.3 Å². The van der Waals surface area contributed by atoms with Crippen LogP contribution in [0.4, 0.5) is 0 Å². The molecule has 0 aromatic heterocycles. The predicted octanol–water partition coefficient (Wildman–Crippen LogP) is 3.07. The van der Waals surface area contributed by atoms with Gasteiger partial charge in [-0.1, -0.05) is 27.2 Å². The fourth-order valence-electron chi connectivity index (χ4n) is 2.27. The van der Waals surface area contributed by atoms with Gasteiger partial charge in [0.15, 0.2) is 0 Å². The number of carbonyl (C=O) groups is 1. The average molecular weight is 211 g/mol. The van der Waals surface area contributed by atoms with E-state index in [4.69, 9.17) is 0 Å². The van der Waals surface area contributed by atoms with Crippen LogP contribution < -0.4 is 0 Å². The van der Waals surface area contributed by atoms with Gasteiger partial charge in [-0.2, -0.15) is 0 Å². The van der Waals surface area contributed by atoms with E-state index in [-0.39, 0.29) is 0 Å². The van der Waals surface area contributed by atoms with Crippen LogP contribution in [0.15, 0.2) is 0 Å². The SMILES string of the molecule is CCCCC(=O)N1CCCC(C(C)C)C1. The third-order valence-corrected chi connectivity index (χ3v) is 3.50. The summed E-state index contributed by atoms with van der Waals surface area (Å²) in [4.78, 5) is 13.9. The number of likely N-dealkylation sites (tertiary alicyclic amines) is 1. The Hall–Kier alpha value is -0.530. The van der Waals surface area contributed by atoms with Gasteiger partial charge < -0.3 is 4.90 Å². The van der Waals surface area contributed by atoms with E-state index in [9.17, 15) is 4.79 Å². The predicted molar refractivity (Wildman–Crippen MR) is 63.7 cm³/mol. The second kappa shape index (κ2) is 6.14. The van der Waals surface area contributed by atoms with E-state index >= 15 is 0 Å². The normalized spacial score (nSPS) is 22.1. The highest BCUT2D eigenvalue weighted by Gasteiger charge is 2.24. The maximum absolute atomic E-state index is 11.9. The van der Waals surface area contributed by atoms with Crippen LogP contribution in [0.5, 0.6) is 0 Å². The zero-order valence-corrected chi connectivity index (χ0v) is 10.5. The molecule has 2 nitrogen and oxygen atoms in total. The van der Waals surface area contributed by atoms with Crippen molar-refractivity contribution < 1.29 is 4.79 Å². The largest absolute Gasteiger partial charge is 0.342 e. The van der Waals surface area contributed by atoms with Gasteiger partial charge in [-0.15, -0.1) is 0 Å². The maximum atomic E-state index is 11.9. The molecule has 0 bridgehead atoms. The summed E-state index contributed by atoms with van der Waals surface area (Å²) in [5, 5.41) is 0. The molecule has 88 valence electrons. The molecule has 1 fully saturated rings. The van der Waals surface area contributed by atoms with Gasteiger partial charge >= 0.3 is 0 Å². The third-order valence-electron chi connectivity index (χ3n) is 3.50. The topological polar surface area (TPSA) is 20.3 Å². The van der Waals surface area contributed by atoms with Gasteiger partial charge in [-0.05, 0) is 31.1 Å². The molecule has 1 rings (SSSR count). The number of hydrogen-bond donors (Lipinski definition) is 0. The average Bonchev–Trinajstić information content (AvgIpc) is 2.26. The first-order valence-electron chi connectivity index (χ1n) is 6.43. The Morgan fingerprint density at radius 1 is 1.47 bits per heavy atom. The number of amides is 1. The zero-order valence-electron chi connectivity index (χ0n) is 10.5. The van der Waals surface area contributed by atoms with E-state index in [1.165, 1.54) is 12.8 Å². The first-order valence-corrected chi connectivity index (χ1v) is 6.43. The minimum Gasteiger partial charge on any atom is -0.342 e. The number of carbonyl (C=O) groups excluding carboxylic acids is 1. The Balaban J connectivity index is 2.38. The van der Waals surface area contributed by atoms with Crippen LogP contribution in [0.1, 0.15) is 52.9 Å². The molecule has 0 aromatic carbocycles. The molecule has 1 heterocycles. The van der Waals surface area contributed by atoms with Crippen LogP contribution in [-0.4, -0.2) is 23.9 Å². The Labute approximate surface area is 94.0 Å². The molecule has 1 aliphatic rings. The van der Waals surface area contributed by atoms with Gasteiger partial charge in [-0.3, -0.25) is 4.79 Å². The lowest BCUT2D eigenvalue weighted by Crippen LogP contribution is -2.41. The van der Waals surface area contributed by atoms with Gasteiger partial charge in [0.1, 0.15) is 0 Å². The van der Waals surface area contributed by atoms with E-state index in [0.29, 0.717) is 11.8 Å². The molecule has 0 aliphatic carbocycles. The highest BCUT2D eigenvalue weighted by Crippen LogP contribution is 2.23. The minimum absolute atomic E-state index is 0.377. The number of rotatable bonds is 4. The third kappa shape index (κ3) is 3.84. The number of unbranched alkanes of at least 4 members (excludes halogenated alkanes) is 1. The van der Waals surface area contributed by atoms with Gasteiger partial charge in [0.2, 0.25) is 5.91 Å². The Morgan fingerprint density at radius 3 is 2.80 bits per heavy atom. The fraction of sp³-hybridized carbons (Fsp3) is 0.923. The first-order chi connectivity index (χ1) is 7.15. The summed E-state index contributed by atoms with van der Waals surface area (Å²) >= 11 is 0. The Kier molecular flexibility index (Phi) is 5.13.